The van der Waals surface area contributed by atoms with Crippen molar-refractivity contribution in [3.63, 3.8) is 0 Å². The zero-order valence-electron chi connectivity index (χ0n) is 17.7. The minimum absolute atomic E-state index is 0.0831. The molecule has 6 heteroatoms. The number of primary amides is 1. The highest BCUT2D eigenvalue weighted by Crippen LogP contribution is 2.39. The van der Waals surface area contributed by atoms with E-state index in [9.17, 15) is 9.59 Å². The average Bonchev–Trinajstić information content (AvgIpc) is 2.83. The summed E-state index contributed by atoms with van der Waals surface area (Å²) in [5.41, 5.74) is 9.72. The third-order valence-corrected chi connectivity index (χ3v) is 6.30. The number of nitrogens with two attached hydrogens (primary N) is 1. The summed E-state index contributed by atoms with van der Waals surface area (Å²) < 4.78 is 5.99. The van der Waals surface area contributed by atoms with Crippen LogP contribution in [-0.4, -0.2) is 35.9 Å². The zero-order valence-corrected chi connectivity index (χ0v) is 17.7. The van der Waals surface area contributed by atoms with Crippen LogP contribution in [-0.2, 0) is 22.6 Å². The number of nitrogens with zero attached hydrogens (tertiary/aromatic N) is 2. The highest BCUT2D eigenvalue weighted by molar-refractivity contribution is 5.98. The fourth-order valence-corrected chi connectivity index (χ4v) is 4.69. The van der Waals surface area contributed by atoms with Crippen LogP contribution in [0.1, 0.15) is 22.7 Å². The van der Waals surface area contributed by atoms with E-state index in [0.717, 1.165) is 22.4 Å². The van der Waals surface area contributed by atoms with Crippen LogP contribution in [0.5, 0.6) is 5.75 Å². The van der Waals surface area contributed by atoms with Crippen molar-refractivity contribution in [1.29, 1.82) is 0 Å². The lowest BCUT2D eigenvalue weighted by molar-refractivity contribution is -0.126. The van der Waals surface area contributed by atoms with Gasteiger partial charge in [-0.3, -0.25) is 19.4 Å². The van der Waals surface area contributed by atoms with Crippen LogP contribution in [0.25, 0.3) is 0 Å². The summed E-state index contributed by atoms with van der Waals surface area (Å²) in [6.07, 6.45) is 0.514. The number of ether oxygens (including phenoxy) is 1. The van der Waals surface area contributed by atoms with Crippen LogP contribution in [0, 0.1) is 0 Å². The molecule has 2 aliphatic rings. The Balaban J connectivity index is 1.48. The number of anilines is 1. The first-order valence-corrected chi connectivity index (χ1v) is 10.8. The molecule has 0 bridgehead atoms. The molecule has 162 valence electrons. The van der Waals surface area contributed by atoms with Crippen molar-refractivity contribution < 1.29 is 14.3 Å². The lowest BCUT2D eigenvalue weighted by Gasteiger charge is -2.40. The molecular weight excluding hydrogens is 402 g/mol. The summed E-state index contributed by atoms with van der Waals surface area (Å²) in [6, 6.07) is 24.7. The number of fused-ring (bicyclic) bond motifs is 2. The maximum Gasteiger partial charge on any atom is 0.242 e. The SMILES string of the molecule is NC(=O)[C@@H]1Cc2ccccc2CN1CC(=O)N1c2ccccc2OC[C@@H]1c1ccccc1. The predicted molar refractivity (Wildman–Crippen MR) is 122 cm³/mol. The molecule has 2 heterocycles. The van der Waals surface area contributed by atoms with E-state index in [1.807, 2.05) is 88.7 Å². The summed E-state index contributed by atoms with van der Waals surface area (Å²) in [4.78, 5) is 29.7. The van der Waals surface area contributed by atoms with E-state index in [0.29, 0.717) is 25.3 Å². The Labute approximate surface area is 187 Å². The van der Waals surface area contributed by atoms with Crippen molar-refractivity contribution in [1.82, 2.24) is 4.90 Å². The van der Waals surface area contributed by atoms with Crippen molar-refractivity contribution in [2.45, 2.75) is 25.0 Å². The highest BCUT2D eigenvalue weighted by Gasteiger charge is 2.37. The largest absolute Gasteiger partial charge is 0.489 e. The molecule has 2 aliphatic heterocycles. The average molecular weight is 428 g/mol. The van der Waals surface area contributed by atoms with E-state index >= 15 is 0 Å². The Kier molecular flexibility index (Phi) is 5.37. The van der Waals surface area contributed by atoms with Gasteiger partial charge in [-0.2, -0.15) is 0 Å². The van der Waals surface area contributed by atoms with Crippen LogP contribution in [0.4, 0.5) is 5.69 Å². The number of carbonyl (C=O) groups excluding carboxylic acids is 2. The van der Waals surface area contributed by atoms with Crippen molar-refractivity contribution in [3.05, 3.63) is 95.6 Å². The molecule has 3 aromatic carbocycles. The molecule has 2 atom stereocenters. The molecule has 0 saturated heterocycles. The highest BCUT2D eigenvalue weighted by atomic mass is 16.5. The molecule has 5 rings (SSSR count). The molecule has 0 radical (unpaired) electrons. The fourth-order valence-electron chi connectivity index (χ4n) is 4.69. The van der Waals surface area contributed by atoms with Gasteiger partial charge in [-0.15, -0.1) is 0 Å². The van der Waals surface area contributed by atoms with Crippen LogP contribution in [0.15, 0.2) is 78.9 Å². The molecule has 0 unspecified atom stereocenters. The second kappa shape index (κ2) is 8.48. The first-order valence-electron chi connectivity index (χ1n) is 10.8. The zero-order chi connectivity index (χ0) is 22.1. The summed E-state index contributed by atoms with van der Waals surface area (Å²) >= 11 is 0. The molecule has 2 N–H and O–H groups in total. The van der Waals surface area contributed by atoms with E-state index in [-0.39, 0.29) is 18.5 Å². The van der Waals surface area contributed by atoms with Gasteiger partial charge < -0.3 is 10.5 Å². The van der Waals surface area contributed by atoms with Gasteiger partial charge >= 0.3 is 0 Å². The van der Waals surface area contributed by atoms with Crippen molar-refractivity contribution in [2.75, 3.05) is 18.1 Å². The van der Waals surface area contributed by atoms with Crippen LogP contribution >= 0.6 is 0 Å². The van der Waals surface area contributed by atoms with Crippen LogP contribution < -0.4 is 15.4 Å². The molecule has 3 aromatic rings. The molecule has 0 spiro atoms. The van der Waals surface area contributed by atoms with Gasteiger partial charge in [0.15, 0.2) is 0 Å². The second-order valence-electron chi connectivity index (χ2n) is 8.26. The lowest BCUT2D eigenvalue weighted by atomic mass is 9.93. The standard InChI is InChI=1S/C26H25N3O3/c27-26(31)22-14-19-10-4-5-11-20(19)15-28(22)16-25(30)29-21-12-6-7-13-24(21)32-17-23(29)18-8-2-1-3-9-18/h1-13,22-23H,14-17H2,(H2,27,31)/t22-,23+/m0/s1. The number of para-hydroxylation sites is 2. The first kappa shape index (κ1) is 20.3. The number of hydrogen-bond donors (Lipinski definition) is 1. The Bertz CT molecular complexity index is 1150. The number of hydrogen-bond acceptors (Lipinski definition) is 4. The van der Waals surface area contributed by atoms with E-state index in [1.165, 1.54) is 0 Å². The molecule has 6 nitrogen and oxygen atoms in total. The molecular formula is C26H25N3O3. The summed E-state index contributed by atoms with van der Waals surface area (Å²) in [5.74, 6) is 0.193. The summed E-state index contributed by atoms with van der Waals surface area (Å²) in [6.45, 7) is 0.978. The third-order valence-electron chi connectivity index (χ3n) is 6.30. The fraction of sp³-hybridized carbons (Fsp3) is 0.231. The van der Waals surface area contributed by atoms with Gasteiger partial charge in [-0.1, -0.05) is 66.7 Å². The van der Waals surface area contributed by atoms with Gasteiger partial charge in [0.1, 0.15) is 12.4 Å². The quantitative estimate of drug-likeness (QED) is 0.694. The maximum atomic E-state index is 13.8. The summed E-state index contributed by atoms with van der Waals surface area (Å²) in [5, 5.41) is 0. The third kappa shape index (κ3) is 3.74. The predicted octanol–water partition coefficient (Wildman–Crippen LogP) is 3.07. The van der Waals surface area contributed by atoms with Crippen LogP contribution in [0.2, 0.25) is 0 Å². The van der Waals surface area contributed by atoms with Crippen molar-refractivity contribution >= 4 is 17.5 Å². The lowest BCUT2D eigenvalue weighted by Crippen LogP contribution is -2.53. The number of carbonyl (C=O) groups is 2. The molecule has 2 amide bonds. The van der Waals surface area contributed by atoms with E-state index in [1.54, 1.807) is 0 Å². The Morgan fingerprint density at radius 2 is 1.59 bits per heavy atom. The Hall–Kier alpha value is -3.64. The molecule has 0 saturated carbocycles. The Morgan fingerprint density at radius 1 is 0.906 bits per heavy atom. The minimum atomic E-state index is -0.514. The van der Waals surface area contributed by atoms with E-state index < -0.39 is 11.9 Å². The topological polar surface area (TPSA) is 75.9 Å². The smallest absolute Gasteiger partial charge is 0.242 e. The number of benzene rings is 3. The second-order valence-corrected chi connectivity index (χ2v) is 8.26. The van der Waals surface area contributed by atoms with Crippen molar-refractivity contribution in [2.24, 2.45) is 5.73 Å². The molecule has 0 aromatic heterocycles. The summed E-state index contributed by atoms with van der Waals surface area (Å²) in [7, 11) is 0. The molecule has 0 aliphatic carbocycles. The normalized spacial score (nSPS) is 20.1. The molecule has 32 heavy (non-hydrogen) atoms. The van der Waals surface area contributed by atoms with Crippen molar-refractivity contribution in [3.8, 4) is 5.75 Å². The number of rotatable bonds is 4. The first-order chi connectivity index (χ1) is 15.6. The molecule has 0 fully saturated rings. The number of amides is 2. The monoisotopic (exact) mass is 427 g/mol. The Morgan fingerprint density at radius 3 is 2.38 bits per heavy atom. The van der Waals surface area contributed by atoms with Gasteiger partial charge in [-0.25, -0.2) is 0 Å². The van der Waals surface area contributed by atoms with E-state index in [2.05, 4.69) is 0 Å². The maximum absolute atomic E-state index is 13.8. The van der Waals surface area contributed by atoms with Gasteiger partial charge in [0.05, 0.1) is 24.3 Å². The minimum Gasteiger partial charge on any atom is -0.489 e. The van der Waals surface area contributed by atoms with Crippen LogP contribution in [0.3, 0.4) is 0 Å². The van der Waals surface area contributed by atoms with Gasteiger partial charge in [0.25, 0.3) is 0 Å². The van der Waals surface area contributed by atoms with Gasteiger partial charge in [0.2, 0.25) is 11.8 Å². The van der Waals surface area contributed by atoms with Gasteiger partial charge in [0, 0.05) is 6.54 Å². The van der Waals surface area contributed by atoms with Gasteiger partial charge in [-0.05, 0) is 35.2 Å². The van der Waals surface area contributed by atoms with E-state index in [4.69, 9.17) is 10.5 Å².